The highest BCUT2D eigenvalue weighted by molar-refractivity contribution is 9.10. The van der Waals surface area contributed by atoms with E-state index in [4.69, 9.17) is 10.8 Å². The minimum Gasteiger partial charge on any atom is -0.480 e. The first-order chi connectivity index (χ1) is 6.02. The van der Waals surface area contributed by atoms with Crippen LogP contribution in [0.25, 0.3) is 0 Å². The van der Waals surface area contributed by atoms with Crippen molar-refractivity contribution in [1.29, 1.82) is 0 Å². The lowest BCUT2D eigenvalue weighted by molar-refractivity contribution is -0.138. The van der Waals surface area contributed by atoms with E-state index in [9.17, 15) is 4.79 Å². The van der Waals surface area contributed by atoms with Crippen molar-refractivity contribution in [2.24, 2.45) is 5.73 Å². The molecule has 5 nitrogen and oxygen atoms in total. The van der Waals surface area contributed by atoms with E-state index < -0.39 is 12.0 Å². The molecule has 0 fully saturated rings. The van der Waals surface area contributed by atoms with Gasteiger partial charge >= 0.3 is 5.97 Å². The Morgan fingerprint density at radius 1 is 1.77 bits per heavy atom. The van der Waals surface area contributed by atoms with Crippen molar-refractivity contribution in [2.75, 3.05) is 0 Å². The zero-order valence-electron chi connectivity index (χ0n) is 6.86. The van der Waals surface area contributed by atoms with E-state index in [0.717, 1.165) is 0 Å². The molecule has 0 saturated carbocycles. The van der Waals surface area contributed by atoms with Gasteiger partial charge in [-0.05, 0) is 22.9 Å². The van der Waals surface area contributed by atoms with Gasteiger partial charge in [-0.25, -0.2) is 9.97 Å². The van der Waals surface area contributed by atoms with Gasteiger partial charge in [0.05, 0.1) is 10.2 Å². The highest BCUT2D eigenvalue weighted by Crippen LogP contribution is 2.18. The second kappa shape index (κ2) is 3.80. The average Bonchev–Trinajstić information content (AvgIpc) is 2.08. The van der Waals surface area contributed by atoms with Crippen LogP contribution in [0, 0.1) is 6.92 Å². The van der Waals surface area contributed by atoms with Crippen molar-refractivity contribution >= 4 is 21.9 Å². The Balaban J connectivity index is 3.12. The summed E-state index contributed by atoms with van der Waals surface area (Å²) in [6.45, 7) is 1.67. The monoisotopic (exact) mass is 245 g/mol. The predicted octanol–water partition coefficient (Wildman–Crippen LogP) is 0.632. The SMILES string of the molecule is Cc1ncc(Br)c(C(N)C(=O)O)n1. The fourth-order valence-corrected chi connectivity index (χ4v) is 1.25. The van der Waals surface area contributed by atoms with Gasteiger partial charge in [0.1, 0.15) is 11.9 Å². The Hall–Kier alpha value is -1.01. The predicted molar refractivity (Wildman–Crippen MR) is 49.0 cm³/mol. The number of nitrogens with two attached hydrogens (primary N) is 1. The smallest absolute Gasteiger partial charge is 0.326 e. The average molecular weight is 246 g/mol. The number of rotatable bonds is 2. The van der Waals surface area contributed by atoms with Gasteiger partial charge in [-0.1, -0.05) is 0 Å². The van der Waals surface area contributed by atoms with E-state index >= 15 is 0 Å². The van der Waals surface area contributed by atoms with Crippen LogP contribution in [0.5, 0.6) is 0 Å². The van der Waals surface area contributed by atoms with Crippen LogP contribution in [0.3, 0.4) is 0 Å². The van der Waals surface area contributed by atoms with Crippen LogP contribution in [-0.4, -0.2) is 21.0 Å². The maximum Gasteiger partial charge on any atom is 0.326 e. The quantitative estimate of drug-likeness (QED) is 0.798. The van der Waals surface area contributed by atoms with E-state index in [-0.39, 0.29) is 0 Å². The van der Waals surface area contributed by atoms with Crippen molar-refractivity contribution in [3.05, 3.63) is 22.2 Å². The molecule has 1 aromatic heterocycles. The van der Waals surface area contributed by atoms with Gasteiger partial charge in [-0.15, -0.1) is 0 Å². The molecular formula is C7H8BrN3O2. The summed E-state index contributed by atoms with van der Waals surface area (Å²) in [5.74, 6) is -0.617. The van der Waals surface area contributed by atoms with Crippen molar-refractivity contribution in [1.82, 2.24) is 9.97 Å². The Labute approximate surface area is 83.1 Å². The third-order valence-corrected chi connectivity index (χ3v) is 2.06. The van der Waals surface area contributed by atoms with E-state index in [1.165, 1.54) is 6.20 Å². The van der Waals surface area contributed by atoms with Gasteiger partial charge in [0.2, 0.25) is 0 Å². The van der Waals surface area contributed by atoms with Crippen LogP contribution < -0.4 is 5.73 Å². The summed E-state index contributed by atoms with van der Waals surface area (Å²) in [6.07, 6.45) is 1.49. The molecule has 0 saturated heterocycles. The van der Waals surface area contributed by atoms with Crippen LogP contribution in [0.1, 0.15) is 17.6 Å². The molecule has 0 aliphatic rings. The fraction of sp³-hybridized carbons (Fsp3) is 0.286. The summed E-state index contributed by atoms with van der Waals surface area (Å²) < 4.78 is 0.507. The van der Waals surface area contributed by atoms with Crippen molar-refractivity contribution in [2.45, 2.75) is 13.0 Å². The van der Waals surface area contributed by atoms with Gasteiger partial charge in [-0.3, -0.25) is 4.79 Å². The van der Waals surface area contributed by atoms with E-state index in [1.807, 2.05) is 0 Å². The molecule has 1 atom stereocenters. The van der Waals surface area contributed by atoms with Crippen LogP contribution in [0.2, 0.25) is 0 Å². The second-order valence-electron chi connectivity index (χ2n) is 2.47. The number of carboxylic acid groups (broad SMARTS) is 1. The molecule has 1 aromatic rings. The first-order valence-corrected chi connectivity index (χ1v) is 4.29. The molecule has 6 heteroatoms. The molecule has 0 radical (unpaired) electrons. The highest BCUT2D eigenvalue weighted by Gasteiger charge is 2.19. The van der Waals surface area contributed by atoms with Crippen molar-refractivity contribution in [3.8, 4) is 0 Å². The van der Waals surface area contributed by atoms with Crippen LogP contribution in [-0.2, 0) is 4.79 Å². The largest absolute Gasteiger partial charge is 0.480 e. The number of carboxylic acids is 1. The number of aromatic nitrogens is 2. The first-order valence-electron chi connectivity index (χ1n) is 3.50. The van der Waals surface area contributed by atoms with Crippen LogP contribution in [0.15, 0.2) is 10.7 Å². The maximum absolute atomic E-state index is 10.6. The molecule has 0 bridgehead atoms. The molecule has 0 aliphatic carbocycles. The molecule has 3 N–H and O–H groups in total. The summed E-state index contributed by atoms with van der Waals surface area (Å²) >= 11 is 3.13. The minimum absolute atomic E-state index is 0.292. The number of aryl methyl sites for hydroxylation is 1. The molecule has 1 heterocycles. The number of carbonyl (C=O) groups is 1. The topological polar surface area (TPSA) is 89.1 Å². The van der Waals surface area contributed by atoms with Crippen molar-refractivity contribution in [3.63, 3.8) is 0 Å². The lowest BCUT2D eigenvalue weighted by Gasteiger charge is -2.07. The van der Waals surface area contributed by atoms with Gasteiger partial charge in [0, 0.05) is 6.20 Å². The third-order valence-electron chi connectivity index (χ3n) is 1.45. The molecule has 0 aliphatic heterocycles. The number of halogens is 1. The normalized spacial score (nSPS) is 12.5. The zero-order valence-corrected chi connectivity index (χ0v) is 8.45. The molecular weight excluding hydrogens is 238 g/mol. The number of hydrogen-bond donors (Lipinski definition) is 2. The number of nitrogens with zero attached hydrogens (tertiary/aromatic N) is 2. The summed E-state index contributed by atoms with van der Waals surface area (Å²) in [7, 11) is 0. The number of hydrogen-bond acceptors (Lipinski definition) is 4. The van der Waals surface area contributed by atoms with Crippen LogP contribution >= 0.6 is 15.9 Å². The second-order valence-corrected chi connectivity index (χ2v) is 3.32. The maximum atomic E-state index is 10.6. The number of aliphatic carboxylic acids is 1. The highest BCUT2D eigenvalue weighted by atomic mass is 79.9. The Morgan fingerprint density at radius 3 is 2.92 bits per heavy atom. The molecule has 70 valence electrons. The Bertz CT molecular complexity index is 343. The summed E-state index contributed by atoms with van der Waals surface area (Å²) in [5.41, 5.74) is 5.68. The van der Waals surface area contributed by atoms with Gasteiger partial charge in [-0.2, -0.15) is 0 Å². The summed E-state index contributed by atoms with van der Waals surface area (Å²) in [4.78, 5) is 18.4. The lowest BCUT2D eigenvalue weighted by Crippen LogP contribution is -2.22. The summed E-state index contributed by atoms with van der Waals surface area (Å²) in [6, 6.07) is -1.11. The third kappa shape index (κ3) is 2.22. The Morgan fingerprint density at radius 2 is 2.38 bits per heavy atom. The van der Waals surface area contributed by atoms with Crippen molar-refractivity contribution < 1.29 is 9.90 Å². The standard InChI is InChI=1S/C7H8BrN3O2/c1-3-10-2-4(8)6(11-3)5(9)7(12)13/h2,5H,9H2,1H3,(H,12,13). The lowest BCUT2D eigenvalue weighted by atomic mass is 10.2. The van der Waals surface area contributed by atoms with Gasteiger partial charge in [0.25, 0.3) is 0 Å². The molecule has 0 amide bonds. The van der Waals surface area contributed by atoms with E-state index in [0.29, 0.717) is 16.0 Å². The van der Waals surface area contributed by atoms with E-state index in [2.05, 4.69) is 25.9 Å². The molecule has 1 unspecified atom stereocenters. The zero-order chi connectivity index (χ0) is 10.0. The van der Waals surface area contributed by atoms with Gasteiger partial charge in [0.15, 0.2) is 0 Å². The fourth-order valence-electron chi connectivity index (χ4n) is 0.808. The van der Waals surface area contributed by atoms with Gasteiger partial charge < -0.3 is 10.8 Å². The molecule has 13 heavy (non-hydrogen) atoms. The first kappa shape index (κ1) is 10.1. The molecule has 0 aromatic carbocycles. The summed E-state index contributed by atoms with van der Waals surface area (Å²) in [5, 5.41) is 8.64. The Kier molecular flexibility index (Phi) is 2.94. The molecule has 1 rings (SSSR count). The van der Waals surface area contributed by atoms with E-state index in [1.54, 1.807) is 6.92 Å². The molecule has 0 spiro atoms. The van der Waals surface area contributed by atoms with Crippen LogP contribution in [0.4, 0.5) is 0 Å². The minimum atomic E-state index is -1.11.